The lowest BCUT2D eigenvalue weighted by molar-refractivity contribution is 0.286. The minimum absolute atomic E-state index is 0.592. The number of hydrogen-bond acceptors (Lipinski definition) is 2. The summed E-state index contributed by atoms with van der Waals surface area (Å²) in [6.45, 7) is 33.5. The van der Waals surface area contributed by atoms with Gasteiger partial charge in [0.15, 0.2) is 0 Å². The second kappa shape index (κ2) is 22.6. The van der Waals surface area contributed by atoms with Gasteiger partial charge < -0.3 is 9.80 Å². The second-order valence-corrected chi connectivity index (χ2v) is 9.79. The summed E-state index contributed by atoms with van der Waals surface area (Å²) in [4.78, 5) is 4.92. The van der Waals surface area contributed by atoms with Crippen molar-refractivity contribution in [2.24, 2.45) is 17.8 Å². The maximum Gasteiger partial charge on any atom is 0.0209 e. The van der Waals surface area contributed by atoms with Crippen LogP contribution in [-0.4, -0.2) is 36.0 Å². The van der Waals surface area contributed by atoms with Gasteiger partial charge in [0.05, 0.1) is 0 Å². The first-order valence-corrected chi connectivity index (χ1v) is 14.3. The second-order valence-electron chi connectivity index (χ2n) is 9.79. The van der Waals surface area contributed by atoms with Crippen molar-refractivity contribution in [3.8, 4) is 0 Å². The summed E-state index contributed by atoms with van der Waals surface area (Å²) >= 11 is 0. The van der Waals surface area contributed by atoms with Crippen molar-refractivity contribution in [3.63, 3.8) is 0 Å². The van der Waals surface area contributed by atoms with Gasteiger partial charge in [-0.2, -0.15) is 0 Å². The minimum atomic E-state index is 0.592. The summed E-state index contributed by atoms with van der Waals surface area (Å²) < 4.78 is 0. The van der Waals surface area contributed by atoms with Crippen LogP contribution in [0.1, 0.15) is 120 Å². The zero-order valence-corrected chi connectivity index (χ0v) is 24.4. The predicted octanol–water partition coefficient (Wildman–Crippen LogP) is 9.70. The van der Waals surface area contributed by atoms with E-state index in [9.17, 15) is 0 Å². The Hall–Kier alpha value is -1.18. The molecule has 3 atom stereocenters. The van der Waals surface area contributed by atoms with Gasteiger partial charge in [-0.15, -0.1) is 0 Å². The zero-order chi connectivity index (χ0) is 25.6. The SMILES string of the molecule is C=C(C(C)C(C)CC)N(CC)CC/C=C/CCCC.C=C(C(C)CC)N(CCC)CCCC. The molecule has 2 nitrogen and oxygen atoms in total. The van der Waals surface area contributed by atoms with Crippen LogP contribution in [0, 0.1) is 17.8 Å². The van der Waals surface area contributed by atoms with Crippen molar-refractivity contribution >= 4 is 0 Å². The Balaban J connectivity index is 0. The van der Waals surface area contributed by atoms with Crippen LogP contribution >= 0.6 is 0 Å². The number of unbranched alkanes of at least 4 members (excludes halogenated alkanes) is 3. The summed E-state index contributed by atoms with van der Waals surface area (Å²) in [7, 11) is 0. The fourth-order valence-electron chi connectivity index (χ4n) is 3.83. The maximum atomic E-state index is 4.32. The maximum absolute atomic E-state index is 4.32. The molecule has 0 radical (unpaired) electrons. The largest absolute Gasteiger partial charge is 0.375 e. The van der Waals surface area contributed by atoms with Crippen LogP contribution in [0.5, 0.6) is 0 Å². The zero-order valence-electron chi connectivity index (χ0n) is 24.4. The number of allylic oxidation sites excluding steroid dienone is 3. The monoisotopic (exact) mass is 462 g/mol. The molecule has 0 aromatic rings. The van der Waals surface area contributed by atoms with Crippen LogP contribution in [0.2, 0.25) is 0 Å². The van der Waals surface area contributed by atoms with Gasteiger partial charge in [0.25, 0.3) is 0 Å². The predicted molar refractivity (Wildman–Crippen MR) is 154 cm³/mol. The van der Waals surface area contributed by atoms with E-state index in [-0.39, 0.29) is 0 Å². The lowest BCUT2D eigenvalue weighted by Crippen LogP contribution is -2.28. The summed E-state index contributed by atoms with van der Waals surface area (Å²) in [5.41, 5.74) is 2.65. The Morgan fingerprint density at radius 1 is 0.667 bits per heavy atom. The minimum Gasteiger partial charge on any atom is -0.375 e. The molecule has 0 rings (SSSR count). The fraction of sp³-hybridized carbons (Fsp3) is 0.806. The molecule has 0 saturated carbocycles. The van der Waals surface area contributed by atoms with Gasteiger partial charge in [-0.1, -0.05) is 106 Å². The van der Waals surface area contributed by atoms with E-state index in [4.69, 9.17) is 0 Å². The Morgan fingerprint density at radius 3 is 1.76 bits per heavy atom. The molecule has 0 aliphatic carbocycles. The highest BCUT2D eigenvalue weighted by atomic mass is 15.1. The lowest BCUT2D eigenvalue weighted by Gasteiger charge is -2.31. The summed E-state index contributed by atoms with van der Waals surface area (Å²) in [6, 6.07) is 0. The van der Waals surface area contributed by atoms with E-state index in [2.05, 4.69) is 97.4 Å². The summed E-state index contributed by atoms with van der Waals surface area (Å²) in [5.74, 6) is 1.95. The standard InChI is InChI=1S/C18H35N.C13H27N/c1-7-10-11-12-13-14-15-19(9-3)18(6)17(5)16(4)8-2;1-6-9-11-14(10-7-2)13(5)12(4)8-3/h12-13,16-17H,6-11,14-15H2,1-5H3;12H,5-11H2,1-4H3/b13-12+;. The van der Waals surface area contributed by atoms with Crippen LogP contribution in [0.15, 0.2) is 36.7 Å². The molecule has 0 aromatic carbocycles. The molecular weight excluding hydrogens is 400 g/mol. The van der Waals surface area contributed by atoms with Crippen molar-refractivity contribution < 1.29 is 0 Å². The van der Waals surface area contributed by atoms with Crippen LogP contribution < -0.4 is 0 Å². The Bertz CT molecular complexity index is 493. The van der Waals surface area contributed by atoms with Crippen LogP contribution in [0.3, 0.4) is 0 Å². The van der Waals surface area contributed by atoms with E-state index in [0.29, 0.717) is 11.8 Å². The third-order valence-electron chi connectivity index (χ3n) is 7.13. The normalized spacial score (nSPS) is 13.7. The molecule has 0 aromatic heterocycles. The highest BCUT2D eigenvalue weighted by Gasteiger charge is 2.17. The van der Waals surface area contributed by atoms with Gasteiger partial charge in [-0.05, 0) is 56.8 Å². The van der Waals surface area contributed by atoms with Gasteiger partial charge in [0.1, 0.15) is 0 Å². The molecule has 0 heterocycles. The molecule has 0 fully saturated rings. The van der Waals surface area contributed by atoms with E-state index in [1.165, 1.54) is 75.9 Å². The Labute approximate surface area is 210 Å². The van der Waals surface area contributed by atoms with Crippen molar-refractivity contribution in [2.75, 3.05) is 26.2 Å². The van der Waals surface area contributed by atoms with Gasteiger partial charge in [0.2, 0.25) is 0 Å². The third kappa shape index (κ3) is 16.1. The van der Waals surface area contributed by atoms with Gasteiger partial charge in [-0.3, -0.25) is 0 Å². The molecule has 0 bridgehead atoms. The molecule has 0 spiro atoms. The Morgan fingerprint density at radius 2 is 1.27 bits per heavy atom. The molecule has 196 valence electrons. The average molecular weight is 463 g/mol. The van der Waals surface area contributed by atoms with E-state index >= 15 is 0 Å². The molecular formula is C31H62N2. The smallest absolute Gasteiger partial charge is 0.0209 e. The fourth-order valence-corrected chi connectivity index (χ4v) is 3.83. The van der Waals surface area contributed by atoms with Gasteiger partial charge in [0, 0.05) is 37.6 Å². The van der Waals surface area contributed by atoms with E-state index in [0.717, 1.165) is 25.4 Å². The molecule has 2 heteroatoms. The van der Waals surface area contributed by atoms with Crippen LogP contribution in [-0.2, 0) is 0 Å². The molecule has 0 amide bonds. The molecule has 0 aliphatic rings. The van der Waals surface area contributed by atoms with Crippen molar-refractivity contribution in [3.05, 3.63) is 36.7 Å². The number of hydrogen-bond donors (Lipinski definition) is 0. The number of rotatable bonds is 19. The first-order valence-electron chi connectivity index (χ1n) is 14.3. The summed E-state index contributed by atoms with van der Waals surface area (Å²) in [6.07, 6.45) is 15.8. The van der Waals surface area contributed by atoms with Gasteiger partial charge >= 0.3 is 0 Å². The van der Waals surface area contributed by atoms with Crippen LogP contribution in [0.25, 0.3) is 0 Å². The van der Waals surface area contributed by atoms with Crippen LogP contribution in [0.4, 0.5) is 0 Å². The molecule has 33 heavy (non-hydrogen) atoms. The van der Waals surface area contributed by atoms with Crippen molar-refractivity contribution in [2.45, 2.75) is 120 Å². The number of nitrogens with zero attached hydrogens (tertiary/aromatic N) is 2. The first-order chi connectivity index (χ1) is 15.7. The molecule has 3 unspecified atom stereocenters. The molecule has 0 N–H and O–H groups in total. The van der Waals surface area contributed by atoms with Crippen molar-refractivity contribution in [1.29, 1.82) is 0 Å². The van der Waals surface area contributed by atoms with Gasteiger partial charge in [-0.25, -0.2) is 0 Å². The first kappa shape index (κ1) is 34.0. The Kier molecular flexibility index (Phi) is 23.3. The molecule has 0 aliphatic heterocycles. The quantitative estimate of drug-likeness (QED) is 0.139. The van der Waals surface area contributed by atoms with E-state index < -0.39 is 0 Å². The summed E-state index contributed by atoms with van der Waals surface area (Å²) in [5, 5.41) is 0. The topological polar surface area (TPSA) is 6.48 Å². The van der Waals surface area contributed by atoms with E-state index in [1.807, 2.05) is 0 Å². The third-order valence-corrected chi connectivity index (χ3v) is 7.13. The lowest BCUT2D eigenvalue weighted by atomic mass is 9.90. The average Bonchev–Trinajstić information content (AvgIpc) is 2.84. The van der Waals surface area contributed by atoms with Crippen molar-refractivity contribution in [1.82, 2.24) is 9.80 Å². The highest BCUT2D eigenvalue weighted by molar-refractivity contribution is 5.01. The molecule has 0 saturated heterocycles. The highest BCUT2D eigenvalue weighted by Crippen LogP contribution is 2.24. The van der Waals surface area contributed by atoms with E-state index in [1.54, 1.807) is 0 Å².